The molecule has 6 heteroatoms. The smallest absolute Gasteiger partial charge is 0.260 e. The molecule has 0 atom stereocenters. The molecule has 4 rings (SSSR count). The molecule has 2 aromatic carbocycles. The highest BCUT2D eigenvalue weighted by Crippen LogP contribution is 2.22. The summed E-state index contributed by atoms with van der Waals surface area (Å²) in [5.41, 5.74) is 2.73. The van der Waals surface area contributed by atoms with Gasteiger partial charge in [0.05, 0.1) is 24.7 Å². The largest absolute Gasteiger partial charge is 0.484 e. The van der Waals surface area contributed by atoms with Crippen LogP contribution in [0, 0.1) is 11.3 Å². The molecule has 3 aromatic rings. The van der Waals surface area contributed by atoms with Gasteiger partial charge in [-0.15, -0.1) is 0 Å². The Morgan fingerprint density at radius 1 is 1.07 bits per heavy atom. The standard InChI is InChI=1S/C23H19N3O3/c24-13-17-10-11-25-22(12-17)29-21-14-26(15-21)23(27)16-28-20-8-6-19(7-9-20)18-4-2-1-3-5-18/h1-12,21H,14-16H2. The lowest BCUT2D eigenvalue weighted by Crippen LogP contribution is -2.57. The predicted molar refractivity (Wildman–Crippen MR) is 107 cm³/mol. The van der Waals surface area contributed by atoms with Crippen molar-refractivity contribution in [3.05, 3.63) is 78.5 Å². The molecule has 0 saturated carbocycles. The van der Waals surface area contributed by atoms with E-state index in [1.54, 1.807) is 17.0 Å². The molecule has 0 N–H and O–H groups in total. The molecule has 1 saturated heterocycles. The van der Waals surface area contributed by atoms with Crippen LogP contribution in [0.2, 0.25) is 0 Å². The fraction of sp³-hybridized carbons (Fsp3) is 0.174. The third-order valence-corrected chi connectivity index (χ3v) is 4.68. The SMILES string of the molecule is N#Cc1ccnc(OC2CN(C(=O)COc3ccc(-c4ccccc4)cc3)C2)c1. The highest BCUT2D eigenvalue weighted by atomic mass is 16.5. The Bertz CT molecular complexity index is 1020. The first-order chi connectivity index (χ1) is 14.2. The van der Waals surface area contributed by atoms with Crippen molar-refractivity contribution in [2.45, 2.75) is 6.10 Å². The van der Waals surface area contributed by atoms with E-state index >= 15 is 0 Å². The number of carbonyl (C=O) groups excluding carboxylic acids is 1. The van der Waals surface area contributed by atoms with Crippen LogP contribution in [0.5, 0.6) is 11.6 Å². The summed E-state index contributed by atoms with van der Waals surface area (Å²) in [5, 5.41) is 8.91. The van der Waals surface area contributed by atoms with Crippen LogP contribution in [0.4, 0.5) is 0 Å². The third kappa shape index (κ3) is 4.53. The van der Waals surface area contributed by atoms with Crippen LogP contribution in [0.1, 0.15) is 5.56 Å². The Hall–Kier alpha value is -3.85. The number of nitrogens with zero attached hydrogens (tertiary/aromatic N) is 3. The van der Waals surface area contributed by atoms with Crippen molar-refractivity contribution in [3.63, 3.8) is 0 Å². The van der Waals surface area contributed by atoms with Gasteiger partial charge < -0.3 is 14.4 Å². The number of amides is 1. The lowest BCUT2D eigenvalue weighted by Gasteiger charge is -2.38. The first kappa shape index (κ1) is 18.5. The number of benzene rings is 2. The molecule has 29 heavy (non-hydrogen) atoms. The van der Waals surface area contributed by atoms with Gasteiger partial charge >= 0.3 is 0 Å². The van der Waals surface area contributed by atoms with Crippen LogP contribution in [0.25, 0.3) is 11.1 Å². The second-order valence-electron chi connectivity index (χ2n) is 6.71. The van der Waals surface area contributed by atoms with E-state index < -0.39 is 0 Å². The Balaban J connectivity index is 1.23. The van der Waals surface area contributed by atoms with Crippen LogP contribution in [0.3, 0.4) is 0 Å². The zero-order valence-electron chi connectivity index (χ0n) is 15.7. The highest BCUT2D eigenvalue weighted by Gasteiger charge is 2.32. The second kappa shape index (κ2) is 8.44. The molecule has 1 aliphatic heterocycles. The van der Waals surface area contributed by atoms with Crippen molar-refractivity contribution in [2.24, 2.45) is 0 Å². The number of likely N-dealkylation sites (tertiary alicyclic amines) is 1. The predicted octanol–water partition coefficient (Wildman–Crippen LogP) is 3.29. The summed E-state index contributed by atoms with van der Waals surface area (Å²) in [5.74, 6) is 0.968. The Labute approximate surface area is 168 Å². The molecule has 1 aromatic heterocycles. The summed E-state index contributed by atoms with van der Waals surface area (Å²) in [6, 6.07) is 23.0. The molecule has 6 nitrogen and oxygen atoms in total. The zero-order chi connectivity index (χ0) is 20.1. The average molecular weight is 385 g/mol. The number of hydrogen-bond donors (Lipinski definition) is 0. The topological polar surface area (TPSA) is 75.5 Å². The fourth-order valence-corrected chi connectivity index (χ4v) is 3.04. The maximum Gasteiger partial charge on any atom is 0.260 e. The molecular formula is C23H19N3O3. The Kier molecular flexibility index (Phi) is 5.39. The lowest BCUT2D eigenvalue weighted by molar-refractivity contribution is -0.142. The molecule has 0 bridgehead atoms. The van der Waals surface area contributed by atoms with Crippen molar-refractivity contribution in [2.75, 3.05) is 19.7 Å². The van der Waals surface area contributed by atoms with E-state index in [0.717, 1.165) is 11.1 Å². The van der Waals surface area contributed by atoms with Crippen LogP contribution in [0.15, 0.2) is 72.9 Å². The molecule has 0 unspecified atom stereocenters. The summed E-state index contributed by atoms with van der Waals surface area (Å²) in [6.45, 7) is 0.945. The molecule has 2 heterocycles. The van der Waals surface area contributed by atoms with Gasteiger partial charge in [0, 0.05) is 12.3 Å². The fourth-order valence-electron chi connectivity index (χ4n) is 3.04. The van der Waals surface area contributed by atoms with Crippen LogP contribution < -0.4 is 9.47 Å². The molecular weight excluding hydrogens is 366 g/mol. The minimum Gasteiger partial charge on any atom is -0.484 e. The molecule has 144 valence electrons. The monoisotopic (exact) mass is 385 g/mol. The number of carbonyl (C=O) groups is 1. The molecule has 0 spiro atoms. The van der Waals surface area contributed by atoms with E-state index in [0.29, 0.717) is 30.3 Å². The van der Waals surface area contributed by atoms with E-state index in [9.17, 15) is 4.79 Å². The van der Waals surface area contributed by atoms with Gasteiger partial charge in [0.15, 0.2) is 6.61 Å². The van der Waals surface area contributed by atoms with Gasteiger partial charge in [-0.25, -0.2) is 4.98 Å². The summed E-state index contributed by atoms with van der Waals surface area (Å²) < 4.78 is 11.3. The number of pyridine rings is 1. The minimum atomic E-state index is -0.120. The zero-order valence-corrected chi connectivity index (χ0v) is 15.7. The van der Waals surface area contributed by atoms with E-state index in [1.807, 2.05) is 60.7 Å². The van der Waals surface area contributed by atoms with Gasteiger partial charge in [0.2, 0.25) is 5.88 Å². The van der Waals surface area contributed by atoms with E-state index in [4.69, 9.17) is 14.7 Å². The number of aromatic nitrogens is 1. The van der Waals surface area contributed by atoms with E-state index in [-0.39, 0.29) is 18.6 Å². The van der Waals surface area contributed by atoms with Crippen molar-refractivity contribution < 1.29 is 14.3 Å². The first-order valence-electron chi connectivity index (χ1n) is 9.30. The minimum absolute atomic E-state index is 0.0143. The van der Waals surface area contributed by atoms with Crippen LogP contribution >= 0.6 is 0 Å². The summed E-state index contributed by atoms with van der Waals surface area (Å²) in [6.07, 6.45) is 1.41. The van der Waals surface area contributed by atoms with Gasteiger partial charge in [-0.1, -0.05) is 42.5 Å². The number of rotatable bonds is 6. The quantitative estimate of drug-likeness (QED) is 0.651. The van der Waals surface area contributed by atoms with Gasteiger partial charge in [0.1, 0.15) is 11.9 Å². The van der Waals surface area contributed by atoms with Crippen molar-refractivity contribution >= 4 is 5.91 Å². The van der Waals surface area contributed by atoms with Gasteiger partial charge in [-0.3, -0.25) is 4.79 Å². The van der Waals surface area contributed by atoms with E-state index in [2.05, 4.69) is 4.98 Å². The highest BCUT2D eigenvalue weighted by molar-refractivity contribution is 5.78. The van der Waals surface area contributed by atoms with Crippen LogP contribution in [-0.4, -0.2) is 41.6 Å². The van der Waals surface area contributed by atoms with Crippen LogP contribution in [-0.2, 0) is 4.79 Å². The number of ether oxygens (including phenoxy) is 2. The van der Waals surface area contributed by atoms with Gasteiger partial charge in [0.25, 0.3) is 5.91 Å². The Morgan fingerprint density at radius 2 is 1.79 bits per heavy atom. The summed E-state index contributed by atoms with van der Waals surface area (Å²) in [4.78, 5) is 18.0. The Morgan fingerprint density at radius 3 is 2.52 bits per heavy atom. The van der Waals surface area contributed by atoms with Crippen molar-refractivity contribution in [3.8, 4) is 28.8 Å². The van der Waals surface area contributed by atoms with E-state index in [1.165, 1.54) is 6.20 Å². The maximum absolute atomic E-state index is 12.3. The summed E-state index contributed by atoms with van der Waals surface area (Å²) >= 11 is 0. The molecule has 0 radical (unpaired) electrons. The summed E-state index contributed by atoms with van der Waals surface area (Å²) in [7, 11) is 0. The molecule has 1 amide bonds. The van der Waals surface area contributed by atoms with Gasteiger partial charge in [-0.05, 0) is 29.3 Å². The van der Waals surface area contributed by atoms with Gasteiger partial charge in [-0.2, -0.15) is 5.26 Å². The average Bonchev–Trinajstić information content (AvgIpc) is 2.75. The van der Waals surface area contributed by atoms with Crippen molar-refractivity contribution in [1.82, 2.24) is 9.88 Å². The third-order valence-electron chi connectivity index (χ3n) is 4.68. The number of hydrogen-bond acceptors (Lipinski definition) is 5. The molecule has 0 aliphatic carbocycles. The number of nitriles is 1. The maximum atomic E-state index is 12.3. The molecule has 1 fully saturated rings. The lowest BCUT2D eigenvalue weighted by atomic mass is 10.1. The van der Waals surface area contributed by atoms with Crippen molar-refractivity contribution in [1.29, 1.82) is 5.26 Å². The molecule has 1 aliphatic rings. The normalized spacial score (nSPS) is 13.3. The first-order valence-corrected chi connectivity index (χ1v) is 9.30. The second-order valence-corrected chi connectivity index (χ2v) is 6.71.